The number of benzene rings is 1. The van der Waals surface area contributed by atoms with Crippen LogP contribution in [-0.2, 0) is 28.5 Å². The predicted octanol–water partition coefficient (Wildman–Crippen LogP) is -4.66. The summed E-state index contributed by atoms with van der Waals surface area (Å²) in [4.78, 5) is 65.5. The molecule has 4 saturated heterocycles. The molecular formula is C37H59N13O13. The van der Waals surface area contributed by atoms with Gasteiger partial charge in [-0.2, -0.15) is 0 Å². The number of urea groups is 3. The van der Waals surface area contributed by atoms with E-state index in [-0.39, 0.29) is 19.1 Å². The van der Waals surface area contributed by atoms with E-state index < -0.39 is 110 Å². The third kappa shape index (κ3) is 13.9. The Morgan fingerprint density at radius 2 is 1.59 bits per heavy atom. The number of primary amides is 2. The number of guanidine groups is 1. The van der Waals surface area contributed by atoms with Gasteiger partial charge in [0, 0.05) is 12.6 Å². The molecule has 4 aliphatic rings. The molecule has 0 unspecified atom stereocenters. The van der Waals surface area contributed by atoms with Crippen LogP contribution in [0.3, 0.4) is 0 Å². The van der Waals surface area contributed by atoms with Crippen molar-refractivity contribution in [1.82, 2.24) is 37.2 Å². The van der Waals surface area contributed by atoms with Crippen molar-refractivity contribution in [1.29, 1.82) is 0 Å². The summed E-state index contributed by atoms with van der Waals surface area (Å²) in [5, 5.41) is 41.4. The molecule has 0 spiro atoms. The first-order valence-corrected chi connectivity index (χ1v) is 20.4. The third-order valence-corrected chi connectivity index (χ3v) is 10.4. The van der Waals surface area contributed by atoms with Crippen LogP contribution >= 0.6 is 0 Å². The first-order valence-electron chi connectivity index (χ1n) is 20.4. The Balaban J connectivity index is 1.15. The van der Waals surface area contributed by atoms with Crippen molar-refractivity contribution in [3.63, 3.8) is 0 Å². The lowest BCUT2D eigenvalue weighted by Gasteiger charge is -2.44. The lowest BCUT2D eigenvalue weighted by atomic mass is 9.95. The molecule has 350 valence electrons. The Hall–Kier alpha value is -5.74. The molecular weight excluding hydrogens is 834 g/mol. The molecule has 26 heteroatoms. The van der Waals surface area contributed by atoms with Gasteiger partial charge in [-0.15, -0.1) is 0 Å². The van der Waals surface area contributed by atoms with E-state index in [0.717, 1.165) is 32.4 Å². The molecule has 4 aliphatic heterocycles. The van der Waals surface area contributed by atoms with Gasteiger partial charge in [0.25, 0.3) is 0 Å². The maximum absolute atomic E-state index is 13.4. The highest BCUT2D eigenvalue weighted by Crippen LogP contribution is 2.29. The summed E-state index contributed by atoms with van der Waals surface area (Å²) < 4.78 is 34.6. The Morgan fingerprint density at radius 1 is 0.873 bits per heavy atom. The molecule has 0 aliphatic carbocycles. The minimum atomic E-state index is -1.60. The number of nitrogens with one attached hydrogen (secondary N) is 7. The molecule has 19 N–H and O–H groups in total. The maximum atomic E-state index is 13.4. The molecule has 1 aromatic carbocycles. The van der Waals surface area contributed by atoms with E-state index in [9.17, 15) is 34.2 Å². The number of hydrogen-bond donors (Lipinski definition) is 14. The Bertz CT molecular complexity index is 1770. The number of amides is 8. The van der Waals surface area contributed by atoms with Crippen LogP contribution in [0, 0.1) is 0 Å². The first kappa shape index (κ1) is 48.3. The van der Waals surface area contributed by atoms with Crippen molar-refractivity contribution in [3.8, 4) is 5.75 Å². The van der Waals surface area contributed by atoms with E-state index in [4.69, 9.17) is 57.1 Å². The minimum Gasteiger partial charge on any atom is -0.462 e. The van der Waals surface area contributed by atoms with E-state index in [0.29, 0.717) is 24.4 Å². The smallest absolute Gasteiger partial charge is 0.407 e. The molecule has 0 aromatic heterocycles. The van der Waals surface area contributed by atoms with Crippen LogP contribution in [0.25, 0.3) is 6.08 Å². The van der Waals surface area contributed by atoms with E-state index in [1.807, 2.05) is 0 Å². The Labute approximate surface area is 362 Å². The first-order chi connectivity index (χ1) is 30.1. The second-order valence-electron chi connectivity index (χ2n) is 15.1. The van der Waals surface area contributed by atoms with E-state index in [1.165, 1.54) is 6.08 Å². The van der Waals surface area contributed by atoms with Gasteiger partial charge in [0.15, 0.2) is 18.5 Å². The lowest BCUT2D eigenvalue weighted by molar-refractivity contribution is -0.260. The molecule has 8 amide bonds. The maximum Gasteiger partial charge on any atom is 0.407 e. The summed E-state index contributed by atoms with van der Waals surface area (Å²) >= 11 is 0. The lowest BCUT2D eigenvalue weighted by Crippen LogP contribution is -2.70. The fourth-order valence-corrected chi connectivity index (χ4v) is 7.33. The second-order valence-corrected chi connectivity index (χ2v) is 15.1. The summed E-state index contributed by atoms with van der Waals surface area (Å²) in [5.41, 5.74) is 28.3. The number of alkyl carbamates (subject to hydrolysis) is 1. The molecule has 0 bridgehead atoms. The number of aliphatic hydroxyl groups is 2. The monoisotopic (exact) mass is 893 g/mol. The number of hydrogen-bond acceptors (Lipinski definition) is 16. The quantitative estimate of drug-likeness (QED) is 0.0269. The van der Waals surface area contributed by atoms with E-state index >= 15 is 0 Å². The molecule has 5 rings (SSSR count). The van der Waals surface area contributed by atoms with Crippen LogP contribution in [0.4, 0.5) is 19.2 Å². The zero-order valence-electron chi connectivity index (χ0n) is 34.6. The van der Waals surface area contributed by atoms with Gasteiger partial charge in [-0.3, -0.25) is 4.79 Å². The van der Waals surface area contributed by atoms with Crippen molar-refractivity contribution in [2.75, 3.05) is 39.4 Å². The molecule has 63 heavy (non-hydrogen) atoms. The van der Waals surface area contributed by atoms with Crippen LogP contribution in [0.2, 0.25) is 0 Å². The molecule has 4 heterocycles. The van der Waals surface area contributed by atoms with Crippen molar-refractivity contribution < 1.29 is 62.6 Å². The van der Waals surface area contributed by atoms with Gasteiger partial charge in [-0.1, -0.05) is 12.1 Å². The Morgan fingerprint density at radius 3 is 2.29 bits per heavy atom. The summed E-state index contributed by atoms with van der Waals surface area (Å²) in [6.45, 7) is 3.91. The van der Waals surface area contributed by atoms with Crippen molar-refractivity contribution in [2.24, 2.45) is 33.7 Å². The molecule has 13 atom stereocenters. The normalized spacial score (nSPS) is 31.4. The molecule has 26 nitrogen and oxygen atoms in total. The van der Waals surface area contributed by atoms with Crippen LogP contribution in [-0.4, -0.2) is 165 Å². The number of carbonyl (C=O) groups is 5. The Kier molecular flexibility index (Phi) is 17.7. The van der Waals surface area contributed by atoms with Gasteiger partial charge >= 0.3 is 24.2 Å². The second kappa shape index (κ2) is 23.1. The van der Waals surface area contributed by atoms with Gasteiger partial charge in [0.2, 0.25) is 12.2 Å². The summed E-state index contributed by atoms with van der Waals surface area (Å²) in [7, 11) is 0. The van der Waals surface area contributed by atoms with Crippen LogP contribution in [0.15, 0.2) is 35.3 Å². The van der Waals surface area contributed by atoms with Crippen molar-refractivity contribution in [2.45, 2.75) is 106 Å². The van der Waals surface area contributed by atoms with E-state index in [1.54, 1.807) is 37.3 Å². The highest BCUT2D eigenvalue weighted by Gasteiger charge is 2.51. The largest absolute Gasteiger partial charge is 0.462 e. The molecule has 0 saturated carbocycles. The number of nitrogens with two attached hydrogens (primary N) is 5. The topological polar surface area (TPSA) is 408 Å². The highest BCUT2D eigenvalue weighted by atomic mass is 16.7. The number of ether oxygens (including phenoxy) is 6. The number of carbonyl (C=O) groups excluding carboxylic acids is 5. The van der Waals surface area contributed by atoms with Crippen LogP contribution < -0.4 is 70.6 Å². The molecule has 0 radical (unpaired) electrons. The van der Waals surface area contributed by atoms with Gasteiger partial charge in [0.05, 0.1) is 31.4 Å². The number of nitrogens with zero attached hydrogens (tertiary/aromatic N) is 1. The highest BCUT2D eigenvalue weighted by molar-refractivity contribution is 5.91. The van der Waals surface area contributed by atoms with Gasteiger partial charge in [-0.25, -0.2) is 24.2 Å². The standard InChI is InChI=1S/C37H59N13O13/c1-17-23(29(53)27(45-33(39)40)32(60-17)61-19-8-5-18(6-9-19)7-10-22(51)44-14-4-13-43-12-3-2-11-38)48-36(56)50-30-26(47-35(42)55)28(52)21(16-58-30)62-31-25(46-34(41)54)24-20(15-59-31)63-37(57)49-24/h5-10,17,20-21,23-32,43,52-53H,2-4,11-16,38H2,1H3,(H,44,51)(H,49,57)(H4,39,40,45)(H3,41,46,54)(H3,42,47,55)(H2,48,50,56)/b10-7+/t17-,20-,21-,23-,24+,25-,26-,27-,28+,29+,30+,31+,32-/m1/s1. The molecule has 1 aromatic rings. The number of fused-ring (bicyclic) bond motifs is 1. The third-order valence-electron chi connectivity index (χ3n) is 10.4. The van der Waals surface area contributed by atoms with Crippen LogP contribution in [0.5, 0.6) is 5.75 Å². The van der Waals surface area contributed by atoms with E-state index in [2.05, 4.69) is 42.2 Å². The van der Waals surface area contributed by atoms with Gasteiger partial charge in [0.1, 0.15) is 48.3 Å². The number of aliphatic hydroxyl groups excluding tert-OH is 2. The zero-order chi connectivity index (χ0) is 45.6. The summed E-state index contributed by atoms with van der Waals surface area (Å²) in [6, 6.07) is -1.96. The van der Waals surface area contributed by atoms with Gasteiger partial charge < -0.3 is 105 Å². The van der Waals surface area contributed by atoms with Crippen molar-refractivity contribution in [3.05, 3.63) is 35.9 Å². The fourth-order valence-electron chi connectivity index (χ4n) is 7.33. The predicted molar refractivity (Wildman–Crippen MR) is 221 cm³/mol. The average Bonchev–Trinajstić information content (AvgIpc) is 3.62. The minimum absolute atomic E-state index is 0.127. The van der Waals surface area contributed by atoms with Gasteiger partial charge in [-0.05, 0) is 69.6 Å². The fraction of sp³-hybridized carbons (Fsp3) is 0.622. The number of rotatable bonds is 19. The number of aliphatic imine (C=N–C) groups is 1. The van der Waals surface area contributed by atoms with Crippen LogP contribution in [0.1, 0.15) is 31.7 Å². The summed E-state index contributed by atoms with van der Waals surface area (Å²) in [5.74, 6) is -0.317. The zero-order valence-corrected chi connectivity index (χ0v) is 34.6. The molecule has 4 fully saturated rings. The SMILES string of the molecule is C[C@H]1O[C@H](Oc2ccc(/C=C/C(=O)NCCCNCCCCN)cc2)[C@H](N=C(N)N)[C@@H](O)[C@@H]1NC(=O)N[C@H]1OC[C@@H](O[C@@H]2OC[C@H]3OC(=O)N[C@@H]3[C@H]2NC(N)=O)[C@H](O)[C@H]1NC(N)=O. The summed E-state index contributed by atoms with van der Waals surface area (Å²) in [6.07, 6.45) is -4.84. The van der Waals surface area contributed by atoms with Crippen molar-refractivity contribution >= 4 is 42.1 Å². The number of unbranched alkanes of at least 4 members (excludes halogenated alkanes) is 1. The average molecular weight is 894 g/mol.